The number of aryl methyl sites for hydroxylation is 1. The van der Waals surface area contributed by atoms with E-state index in [0.717, 1.165) is 37.5 Å². The quantitative estimate of drug-likeness (QED) is 0.937. The highest BCUT2D eigenvalue weighted by Crippen LogP contribution is 2.34. The summed E-state index contributed by atoms with van der Waals surface area (Å²) in [6, 6.07) is 8.48. The Morgan fingerprint density at radius 3 is 2.52 bits per heavy atom. The zero-order chi connectivity index (χ0) is 14.7. The van der Waals surface area contributed by atoms with Gasteiger partial charge >= 0.3 is 0 Å². The van der Waals surface area contributed by atoms with Gasteiger partial charge < -0.3 is 10.3 Å². The van der Waals surface area contributed by atoms with Gasteiger partial charge in [-0.05, 0) is 50.6 Å². The molecule has 0 amide bonds. The fourth-order valence-corrected chi connectivity index (χ4v) is 3.04. The minimum Gasteiger partial charge on any atom is -0.339 e. The van der Waals surface area contributed by atoms with E-state index in [4.69, 9.17) is 10.3 Å². The van der Waals surface area contributed by atoms with Crippen LogP contribution in [0.1, 0.15) is 54.4 Å². The molecule has 4 heteroatoms. The van der Waals surface area contributed by atoms with Gasteiger partial charge in [0.05, 0.1) is 0 Å². The van der Waals surface area contributed by atoms with E-state index in [-0.39, 0.29) is 0 Å². The van der Waals surface area contributed by atoms with Crippen molar-refractivity contribution in [2.24, 2.45) is 11.7 Å². The van der Waals surface area contributed by atoms with Gasteiger partial charge in [-0.1, -0.05) is 35.0 Å². The van der Waals surface area contributed by atoms with E-state index in [2.05, 4.69) is 41.3 Å². The van der Waals surface area contributed by atoms with E-state index in [1.807, 2.05) is 0 Å². The van der Waals surface area contributed by atoms with E-state index in [0.29, 0.717) is 11.8 Å². The summed E-state index contributed by atoms with van der Waals surface area (Å²) in [6.07, 6.45) is 5.33. The summed E-state index contributed by atoms with van der Waals surface area (Å²) in [5.41, 5.74) is 8.23. The Labute approximate surface area is 125 Å². The first-order valence-corrected chi connectivity index (χ1v) is 7.82. The van der Waals surface area contributed by atoms with Gasteiger partial charge in [0, 0.05) is 12.3 Å². The molecule has 0 aliphatic heterocycles. The van der Waals surface area contributed by atoms with Gasteiger partial charge in [-0.25, -0.2) is 0 Å². The molecule has 0 atom stereocenters. The van der Waals surface area contributed by atoms with Crippen molar-refractivity contribution in [1.82, 2.24) is 10.1 Å². The Morgan fingerprint density at radius 2 is 1.86 bits per heavy atom. The smallest absolute Gasteiger partial charge is 0.229 e. The minimum atomic E-state index is 0.423. The Hall–Kier alpha value is -1.68. The molecule has 1 fully saturated rings. The van der Waals surface area contributed by atoms with Crippen molar-refractivity contribution < 1.29 is 4.52 Å². The van der Waals surface area contributed by atoms with Crippen LogP contribution >= 0.6 is 0 Å². The van der Waals surface area contributed by atoms with Gasteiger partial charge in [-0.15, -0.1) is 0 Å². The van der Waals surface area contributed by atoms with Crippen molar-refractivity contribution >= 4 is 0 Å². The maximum atomic E-state index is 5.74. The summed E-state index contributed by atoms with van der Waals surface area (Å²) in [5, 5.41) is 4.14. The van der Waals surface area contributed by atoms with Gasteiger partial charge in [0.1, 0.15) is 0 Å². The second kappa shape index (κ2) is 6.39. The fraction of sp³-hybridized carbons (Fsp3) is 0.529. The van der Waals surface area contributed by atoms with Gasteiger partial charge in [0.15, 0.2) is 5.82 Å². The molecule has 0 bridgehead atoms. The normalized spacial score (nSPS) is 22.4. The van der Waals surface area contributed by atoms with Crippen LogP contribution in [0.3, 0.4) is 0 Å². The largest absolute Gasteiger partial charge is 0.339 e. The van der Waals surface area contributed by atoms with Crippen LogP contribution in [-0.2, 0) is 6.42 Å². The number of nitrogens with two attached hydrogens (primary N) is 1. The number of rotatable bonds is 4. The van der Waals surface area contributed by atoms with E-state index in [1.54, 1.807) is 0 Å². The SMILES string of the molecule is Cc1ccc(Cc2noc(C3CCC(CN)CC3)n2)cc1. The molecule has 1 heterocycles. The standard InChI is InChI=1S/C17H23N3O/c1-12-2-4-13(5-3-12)10-16-19-17(21-20-16)15-8-6-14(11-18)7-9-15/h2-5,14-15H,6-11,18H2,1H3. The third kappa shape index (κ3) is 3.50. The molecule has 1 aliphatic rings. The zero-order valence-electron chi connectivity index (χ0n) is 12.6. The molecular weight excluding hydrogens is 262 g/mol. The zero-order valence-corrected chi connectivity index (χ0v) is 12.6. The van der Waals surface area contributed by atoms with E-state index >= 15 is 0 Å². The molecule has 0 unspecified atom stereocenters. The second-order valence-electron chi connectivity index (χ2n) is 6.16. The Bertz CT molecular complexity index is 568. The Kier molecular flexibility index (Phi) is 4.34. The average molecular weight is 285 g/mol. The summed E-state index contributed by atoms with van der Waals surface area (Å²) < 4.78 is 5.48. The van der Waals surface area contributed by atoms with E-state index < -0.39 is 0 Å². The molecule has 1 aliphatic carbocycles. The summed E-state index contributed by atoms with van der Waals surface area (Å²) in [4.78, 5) is 4.59. The van der Waals surface area contributed by atoms with Gasteiger partial charge in [-0.2, -0.15) is 4.98 Å². The van der Waals surface area contributed by atoms with Crippen LogP contribution in [0, 0.1) is 12.8 Å². The third-order valence-corrected chi connectivity index (χ3v) is 4.50. The Morgan fingerprint density at radius 1 is 1.14 bits per heavy atom. The van der Waals surface area contributed by atoms with Crippen LogP contribution in [0.4, 0.5) is 0 Å². The summed E-state index contributed by atoms with van der Waals surface area (Å²) >= 11 is 0. The second-order valence-corrected chi connectivity index (χ2v) is 6.16. The fourth-order valence-electron chi connectivity index (χ4n) is 3.04. The van der Waals surface area contributed by atoms with Crippen LogP contribution < -0.4 is 5.73 Å². The summed E-state index contributed by atoms with van der Waals surface area (Å²) in [6.45, 7) is 2.89. The van der Waals surface area contributed by atoms with Crippen molar-refractivity contribution in [3.63, 3.8) is 0 Å². The van der Waals surface area contributed by atoms with E-state index in [1.165, 1.54) is 24.0 Å². The topological polar surface area (TPSA) is 64.9 Å². The molecule has 2 N–H and O–H groups in total. The highest BCUT2D eigenvalue weighted by atomic mass is 16.5. The van der Waals surface area contributed by atoms with Gasteiger partial charge in [0.25, 0.3) is 0 Å². The average Bonchev–Trinajstić information content (AvgIpc) is 2.98. The van der Waals surface area contributed by atoms with Crippen molar-refractivity contribution in [3.8, 4) is 0 Å². The van der Waals surface area contributed by atoms with Crippen LogP contribution in [0.15, 0.2) is 28.8 Å². The lowest BCUT2D eigenvalue weighted by Gasteiger charge is -2.24. The lowest BCUT2D eigenvalue weighted by Crippen LogP contribution is -2.20. The van der Waals surface area contributed by atoms with Crippen LogP contribution in [-0.4, -0.2) is 16.7 Å². The molecule has 21 heavy (non-hydrogen) atoms. The van der Waals surface area contributed by atoms with Crippen LogP contribution in [0.5, 0.6) is 0 Å². The molecule has 1 aromatic carbocycles. The predicted molar refractivity (Wildman–Crippen MR) is 82.0 cm³/mol. The molecule has 0 saturated heterocycles. The molecule has 2 aromatic rings. The molecule has 0 spiro atoms. The molecule has 1 aromatic heterocycles. The summed E-state index contributed by atoms with van der Waals surface area (Å²) in [7, 11) is 0. The first-order chi connectivity index (χ1) is 10.2. The van der Waals surface area contributed by atoms with Crippen molar-refractivity contribution in [3.05, 3.63) is 47.1 Å². The molecular formula is C17H23N3O. The number of aromatic nitrogens is 2. The molecule has 4 nitrogen and oxygen atoms in total. The van der Waals surface area contributed by atoms with Crippen LogP contribution in [0.2, 0.25) is 0 Å². The molecule has 1 saturated carbocycles. The molecule has 3 rings (SSSR count). The Balaban J connectivity index is 1.62. The minimum absolute atomic E-state index is 0.423. The number of benzene rings is 1. The monoisotopic (exact) mass is 285 g/mol. The van der Waals surface area contributed by atoms with Gasteiger partial charge in [0.2, 0.25) is 5.89 Å². The lowest BCUT2D eigenvalue weighted by atomic mass is 9.82. The number of hydrogen-bond acceptors (Lipinski definition) is 4. The summed E-state index contributed by atoms with van der Waals surface area (Å²) in [5.74, 6) is 2.70. The van der Waals surface area contributed by atoms with Crippen molar-refractivity contribution in [2.45, 2.75) is 44.9 Å². The van der Waals surface area contributed by atoms with Crippen molar-refractivity contribution in [1.29, 1.82) is 0 Å². The predicted octanol–water partition coefficient (Wildman–Crippen LogP) is 3.20. The lowest BCUT2D eigenvalue weighted by molar-refractivity contribution is 0.274. The third-order valence-electron chi connectivity index (χ3n) is 4.50. The van der Waals surface area contributed by atoms with Gasteiger partial charge in [-0.3, -0.25) is 0 Å². The molecule has 0 radical (unpaired) electrons. The van der Waals surface area contributed by atoms with Crippen LogP contribution in [0.25, 0.3) is 0 Å². The number of nitrogens with zero attached hydrogens (tertiary/aromatic N) is 2. The number of hydrogen-bond donors (Lipinski definition) is 1. The maximum Gasteiger partial charge on any atom is 0.229 e. The molecule has 112 valence electrons. The first-order valence-electron chi connectivity index (χ1n) is 7.82. The first kappa shape index (κ1) is 14.3. The highest BCUT2D eigenvalue weighted by Gasteiger charge is 2.25. The van der Waals surface area contributed by atoms with Crippen molar-refractivity contribution in [2.75, 3.05) is 6.54 Å². The maximum absolute atomic E-state index is 5.74. The highest BCUT2D eigenvalue weighted by molar-refractivity contribution is 5.23. The van der Waals surface area contributed by atoms with E-state index in [9.17, 15) is 0 Å².